The lowest BCUT2D eigenvalue weighted by atomic mass is 10.1. The van der Waals surface area contributed by atoms with Gasteiger partial charge in [-0.2, -0.15) is 4.98 Å². The van der Waals surface area contributed by atoms with Crippen molar-refractivity contribution >= 4 is 33.8 Å². The van der Waals surface area contributed by atoms with E-state index in [1.165, 1.54) is 17.2 Å². The number of hydrogen-bond donors (Lipinski definition) is 3. The Morgan fingerprint density at radius 2 is 2.05 bits per heavy atom. The highest BCUT2D eigenvalue weighted by Gasteiger charge is 2.43. The maximum Gasteiger partial charge on any atom is 0.242 e. The quantitative estimate of drug-likeness (QED) is 0.481. The van der Waals surface area contributed by atoms with Crippen LogP contribution in [-0.4, -0.2) is 57.6 Å². The molecule has 9 heteroatoms. The lowest BCUT2D eigenvalue weighted by molar-refractivity contribution is -0.0283. The zero-order valence-electron chi connectivity index (χ0n) is 9.59. The third-order valence-corrected chi connectivity index (χ3v) is 3.97. The van der Waals surface area contributed by atoms with E-state index in [4.69, 9.17) is 4.74 Å². The van der Waals surface area contributed by atoms with Crippen LogP contribution in [0.1, 0.15) is 6.23 Å². The first kappa shape index (κ1) is 13.0. The van der Waals surface area contributed by atoms with Crippen LogP contribution in [0.2, 0.25) is 0 Å². The molecule has 0 amide bonds. The molecule has 1 aliphatic rings. The highest BCUT2D eigenvalue weighted by molar-refractivity contribution is 14.1. The standard InChI is InChI=1S/C10H11IN4O4/c11-1-4-6(16)7(17)10(19-4)15-3-14-5-8(15)12-2-13-9(5)18/h2-4,6-7,10,16-17H,1H2,(H,12,13,18)/t4-,6?,7?,10-/m1/s1. The average molecular weight is 378 g/mol. The maximum absolute atomic E-state index is 10.0. The van der Waals surface area contributed by atoms with Gasteiger partial charge in [-0.15, -0.1) is 0 Å². The van der Waals surface area contributed by atoms with E-state index in [2.05, 4.69) is 37.5 Å². The molecule has 8 nitrogen and oxygen atoms in total. The predicted octanol–water partition coefficient (Wildman–Crippen LogP) is -0.414. The minimum Gasteiger partial charge on any atom is -0.492 e. The summed E-state index contributed by atoms with van der Waals surface area (Å²) in [5.74, 6) is -0.234. The Balaban J connectivity index is 2.04. The molecule has 0 saturated carbocycles. The molecule has 1 fully saturated rings. The summed E-state index contributed by atoms with van der Waals surface area (Å²) in [6.45, 7) is 0. The number of hydrogen-bond acceptors (Lipinski definition) is 7. The smallest absolute Gasteiger partial charge is 0.242 e. The second-order valence-corrected chi connectivity index (χ2v) is 5.10. The van der Waals surface area contributed by atoms with Crippen LogP contribution in [0.5, 0.6) is 5.88 Å². The van der Waals surface area contributed by atoms with Crippen LogP contribution in [0.15, 0.2) is 12.7 Å². The number of ether oxygens (including phenoxy) is 1. The zero-order valence-corrected chi connectivity index (χ0v) is 11.7. The molecule has 0 bridgehead atoms. The van der Waals surface area contributed by atoms with Gasteiger partial charge in [-0.3, -0.25) is 4.57 Å². The van der Waals surface area contributed by atoms with Crippen molar-refractivity contribution in [1.82, 2.24) is 19.5 Å². The second kappa shape index (κ2) is 4.81. The van der Waals surface area contributed by atoms with E-state index < -0.39 is 24.5 Å². The summed E-state index contributed by atoms with van der Waals surface area (Å²) in [7, 11) is 0. The van der Waals surface area contributed by atoms with Crippen LogP contribution >= 0.6 is 22.6 Å². The molecule has 3 heterocycles. The van der Waals surface area contributed by atoms with E-state index in [0.717, 1.165) is 0 Å². The molecule has 0 spiro atoms. The van der Waals surface area contributed by atoms with E-state index in [-0.39, 0.29) is 11.4 Å². The van der Waals surface area contributed by atoms with Crippen molar-refractivity contribution in [2.45, 2.75) is 24.5 Å². The molecular weight excluding hydrogens is 367 g/mol. The van der Waals surface area contributed by atoms with Crippen LogP contribution in [0.3, 0.4) is 0 Å². The van der Waals surface area contributed by atoms with Gasteiger partial charge in [0.25, 0.3) is 0 Å². The van der Waals surface area contributed by atoms with Gasteiger partial charge < -0.3 is 20.1 Å². The summed E-state index contributed by atoms with van der Waals surface area (Å²) in [4.78, 5) is 11.6. The second-order valence-electron chi connectivity index (χ2n) is 4.22. The minimum atomic E-state index is -1.07. The molecule has 0 radical (unpaired) electrons. The molecular formula is C10H11IN4O4. The number of aromatic hydroxyl groups is 1. The molecule has 1 saturated heterocycles. The predicted molar refractivity (Wildman–Crippen MR) is 71.8 cm³/mol. The van der Waals surface area contributed by atoms with Crippen molar-refractivity contribution < 1.29 is 20.1 Å². The molecule has 2 aromatic rings. The van der Waals surface area contributed by atoms with Gasteiger partial charge in [0.15, 0.2) is 17.4 Å². The van der Waals surface area contributed by atoms with Crippen molar-refractivity contribution in [1.29, 1.82) is 0 Å². The van der Waals surface area contributed by atoms with E-state index in [9.17, 15) is 15.3 Å². The molecule has 2 unspecified atom stereocenters. The number of aliphatic hydroxyl groups excluding tert-OH is 2. The van der Waals surface area contributed by atoms with Crippen molar-refractivity contribution in [3.8, 4) is 5.88 Å². The van der Waals surface area contributed by atoms with E-state index >= 15 is 0 Å². The van der Waals surface area contributed by atoms with Crippen LogP contribution in [-0.2, 0) is 4.74 Å². The van der Waals surface area contributed by atoms with Crippen LogP contribution in [0.25, 0.3) is 11.2 Å². The van der Waals surface area contributed by atoms with Gasteiger partial charge in [-0.05, 0) is 0 Å². The number of rotatable bonds is 2. The highest BCUT2D eigenvalue weighted by atomic mass is 127. The Morgan fingerprint density at radius 1 is 1.26 bits per heavy atom. The van der Waals surface area contributed by atoms with E-state index in [1.807, 2.05) is 0 Å². The first-order valence-corrected chi connectivity index (χ1v) is 7.10. The topological polar surface area (TPSA) is 114 Å². The van der Waals surface area contributed by atoms with Gasteiger partial charge in [0.1, 0.15) is 18.5 Å². The number of fused-ring (bicyclic) bond motifs is 1. The van der Waals surface area contributed by atoms with Gasteiger partial charge in [0.2, 0.25) is 5.88 Å². The number of imidazole rings is 1. The largest absolute Gasteiger partial charge is 0.492 e. The summed E-state index contributed by atoms with van der Waals surface area (Å²) >= 11 is 2.08. The van der Waals surface area contributed by atoms with Crippen LogP contribution < -0.4 is 0 Å². The lowest BCUT2D eigenvalue weighted by Crippen LogP contribution is -2.32. The first-order chi connectivity index (χ1) is 9.13. The molecule has 3 rings (SSSR count). The van der Waals surface area contributed by atoms with E-state index in [0.29, 0.717) is 10.1 Å². The fourth-order valence-electron chi connectivity index (χ4n) is 2.11. The monoisotopic (exact) mass is 378 g/mol. The molecule has 19 heavy (non-hydrogen) atoms. The minimum absolute atomic E-state index is 0.228. The van der Waals surface area contributed by atoms with Crippen molar-refractivity contribution in [2.24, 2.45) is 0 Å². The highest BCUT2D eigenvalue weighted by Crippen LogP contribution is 2.32. The molecule has 0 aliphatic carbocycles. The Labute approximate surface area is 121 Å². The third-order valence-electron chi connectivity index (χ3n) is 3.10. The summed E-state index contributed by atoms with van der Waals surface area (Å²) < 4.78 is 7.64. The Bertz CT molecular complexity index is 606. The SMILES string of the molecule is Oc1ncnc2c1ncn2[C@@H]1O[C@H](CI)C(O)C1O. The fourth-order valence-corrected chi connectivity index (χ4v) is 2.84. The zero-order chi connectivity index (χ0) is 13.6. The molecule has 4 atom stereocenters. The molecule has 102 valence electrons. The normalized spacial score (nSPS) is 31.1. The Morgan fingerprint density at radius 3 is 2.74 bits per heavy atom. The number of aliphatic hydroxyl groups is 2. The van der Waals surface area contributed by atoms with Gasteiger partial charge in [0.05, 0.1) is 12.4 Å². The number of halogens is 1. The first-order valence-electron chi connectivity index (χ1n) is 5.57. The van der Waals surface area contributed by atoms with Gasteiger partial charge in [-0.1, -0.05) is 22.6 Å². The van der Waals surface area contributed by atoms with Gasteiger partial charge in [-0.25, -0.2) is 9.97 Å². The van der Waals surface area contributed by atoms with Crippen molar-refractivity contribution in [3.63, 3.8) is 0 Å². The molecule has 1 aliphatic heterocycles. The summed E-state index contributed by atoms with van der Waals surface area (Å²) in [5, 5.41) is 29.4. The number of nitrogens with zero attached hydrogens (tertiary/aromatic N) is 4. The molecule has 3 N–H and O–H groups in total. The van der Waals surface area contributed by atoms with Gasteiger partial charge in [0, 0.05) is 4.43 Å². The third kappa shape index (κ3) is 1.96. The Hall–Kier alpha value is -1.04. The number of aromatic nitrogens is 4. The summed E-state index contributed by atoms with van der Waals surface area (Å²) in [5.41, 5.74) is 0.573. The molecule has 2 aromatic heterocycles. The maximum atomic E-state index is 10.0. The van der Waals surface area contributed by atoms with Crippen LogP contribution in [0, 0.1) is 0 Å². The Kier molecular flexibility index (Phi) is 3.28. The molecule has 0 aromatic carbocycles. The van der Waals surface area contributed by atoms with Crippen molar-refractivity contribution in [2.75, 3.05) is 4.43 Å². The lowest BCUT2D eigenvalue weighted by Gasteiger charge is -2.16. The van der Waals surface area contributed by atoms with Crippen LogP contribution in [0.4, 0.5) is 0 Å². The average Bonchev–Trinajstić information content (AvgIpc) is 2.94. The fraction of sp³-hybridized carbons (Fsp3) is 0.500. The summed E-state index contributed by atoms with van der Waals surface area (Å²) in [6.07, 6.45) is -0.676. The summed E-state index contributed by atoms with van der Waals surface area (Å²) in [6, 6.07) is 0. The van der Waals surface area contributed by atoms with E-state index in [1.54, 1.807) is 0 Å². The number of alkyl halides is 1. The van der Waals surface area contributed by atoms with Gasteiger partial charge >= 0.3 is 0 Å². The van der Waals surface area contributed by atoms with Crippen molar-refractivity contribution in [3.05, 3.63) is 12.7 Å².